The second-order valence-corrected chi connectivity index (χ2v) is 2.98. The first-order valence-electron chi connectivity index (χ1n) is 4.52. The van der Waals surface area contributed by atoms with Crippen molar-refractivity contribution in [2.45, 2.75) is 25.6 Å². The number of amides is 1. The van der Waals surface area contributed by atoms with E-state index in [1.165, 1.54) is 0 Å². The first-order valence-corrected chi connectivity index (χ1v) is 4.52. The van der Waals surface area contributed by atoms with E-state index in [2.05, 4.69) is 15.4 Å². The molecule has 76 valence electrons. The van der Waals surface area contributed by atoms with Crippen molar-refractivity contribution in [1.29, 1.82) is 0 Å². The van der Waals surface area contributed by atoms with Crippen LogP contribution in [0.1, 0.15) is 13.3 Å². The number of alkyl halides is 1. The molecular formula is C8H15FN2O2. The first kappa shape index (κ1) is 10.2. The van der Waals surface area contributed by atoms with Crippen molar-refractivity contribution in [3.05, 3.63) is 0 Å². The molecule has 2 N–H and O–H groups in total. The van der Waals surface area contributed by atoms with E-state index in [-0.39, 0.29) is 0 Å². The Kier molecular flexibility index (Phi) is 3.95. The van der Waals surface area contributed by atoms with Crippen molar-refractivity contribution < 1.29 is 13.9 Å². The lowest BCUT2D eigenvalue weighted by molar-refractivity contribution is 0.132. The van der Waals surface area contributed by atoms with Crippen molar-refractivity contribution >= 4 is 6.09 Å². The van der Waals surface area contributed by atoms with Crippen LogP contribution >= 0.6 is 0 Å². The molecule has 0 aromatic rings. The highest BCUT2D eigenvalue weighted by atomic mass is 19.1. The standard InChI is InChI=1S/C8H15FN2O2/c1-2-13-8(12)11-7-5-10-4-3-6(7)9/h6-7,10H,2-5H2,1H3,(H,11,12). The van der Waals surface area contributed by atoms with Crippen LogP contribution in [-0.2, 0) is 4.74 Å². The van der Waals surface area contributed by atoms with Crippen molar-refractivity contribution in [1.82, 2.24) is 10.6 Å². The van der Waals surface area contributed by atoms with Gasteiger partial charge < -0.3 is 15.4 Å². The third-order valence-electron chi connectivity index (χ3n) is 1.98. The number of carbonyl (C=O) groups excluding carboxylic acids is 1. The minimum Gasteiger partial charge on any atom is -0.450 e. The van der Waals surface area contributed by atoms with Crippen LogP contribution in [0.2, 0.25) is 0 Å². The number of halogens is 1. The predicted molar refractivity (Wildman–Crippen MR) is 46.3 cm³/mol. The van der Waals surface area contributed by atoms with Crippen LogP contribution in [-0.4, -0.2) is 38.0 Å². The van der Waals surface area contributed by atoms with Crippen molar-refractivity contribution in [2.24, 2.45) is 0 Å². The lowest BCUT2D eigenvalue weighted by Gasteiger charge is -2.26. The van der Waals surface area contributed by atoms with E-state index < -0.39 is 18.3 Å². The fraction of sp³-hybridized carbons (Fsp3) is 0.875. The summed E-state index contributed by atoms with van der Waals surface area (Å²) in [5, 5.41) is 5.47. The van der Waals surface area contributed by atoms with E-state index in [1.54, 1.807) is 6.92 Å². The Balaban J connectivity index is 2.29. The molecule has 0 aromatic heterocycles. The number of carbonyl (C=O) groups is 1. The molecule has 2 atom stereocenters. The maximum atomic E-state index is 13.1. The van der Waals surface area contributed by atoms with E-state index in [0.29, 0.717) is 26.1 Å². The lowest BCUT2D eigenvalue weighted by Crippen LogP contribution is -2.52. The molecule has 1 fully saturated rings. The highest BCUT2D eigenvalue weighted by molar-refractivity contribution is 5.67. The lowest BCUT2D eigenvalue weighted by atomic mass is 10.1. The third kappa shape index (κ3) is 3.18. The molecule has 1 aliphatic rings. The van der Waals surface area contributed by atoms with Crippen LogP contribution in [0.5, 0.6) is 0 Å². The zero-order chi connectivity index (χ0) is 9.68. The van der Waals surface area contributed by atoms with E-state index in [0.717, 1.165) is 0 Å². The number of rotatable bonds is 2. The highest BCUT2D eigenvalue weighted by Gasteiger charge is 2.26. The van der Waals surface area contributed by atoms with Gasteiger partial charge in [-0.2, -0.15) is 0 Å². The number of ether oxygens (including phenoxy) is 1. The molecule has 0 radical (unpaired) electrons. The summed E-state index contributed by atoms with van der Waals surface area (Å²) >= 11 is 0. The van der Waals surface area contributed by atoms with Crippen LogP contribution in [0.25, 0.3) is 0 Å². The van der Waals surface area contributed by atoms with Gasteiger partial charge in [-0.3, -0.25) is 0 Å². The average Bonchev–Trinajstić information content (AvgIpc) is 2.09. The summed E-state index contributed by atoms with van der Waals surface area (Å²) in [6.45, 7) is 3.16. The normalized spacial score (nSPS) is 28.2. The average molecular weight is 190 g/mol. The zero-order valence-electron chi connectivity index (χ0n) is 7.68. The number of piperidine rings is 1. The van der Waals surface area contributed by atoms with Gasteiger partial charge >= 0.3 is 6.09 Å². The summed E-state index contributed by atoms with van der Waals surface area (Å²) in [4.78, 5) is 10.9. The van der Waals surface area contributed by atoms with Gasteiger partial charge in [0, 0.05) is 6.54 Å². The minimum absolute atomic E-state index is 0.308. The van der Waals surface area contributed by atoms with Crippen molar-refractivity contribution in [3.8, 4) is 0 Å². The Morgan fingerprint density at radius 2 is 2.54 bits per heavy atom. The SMILES string of the molecule is CCOC(=O)NC1CNCCC1F. The molecular weight excluding hydrogens is 175 g/mol. The van der Waals surface area contributed by atoms with Gasteiger partial charge in [-0.15, -0.1) is 0 Å². The predicted octanol–water partition coefficient (Wildman–Crippen LogP) is 0.432. The fourth-order valence-corrected chi connectivity index (χ4v) is 1.29. The van der Waals surface area contributed by atoms with E-state index in [4.69, 9.17) is 0 Å². The monoisotopic (exact) mass is 190 g/mol. The molecule has 0 aliphatic carbocycles. The molecule has 1 rings (SSSR count). The summed E-state index contributed by atoms with van der Waals surface area (Å²) in [6.07, 6.45) is -1.07. The molecule has 0 aromatic carbocycles. The molecule has 4 nitrogen and oxygen atoms in total. The molecule has 1 heterocycles. The second-order valence-electron chi connectivity index (χ2n) is 2.98. The Morgan fingerprint density at radius 1 is 1.77 bits per heavy atom. The summed E-state index contributed by atoms with van der Waals surface area (Å²) in [5.41, 5.74) is 0. The van der Waals surface area contributed by atoms with Gasteiger partial charge in [-0.1, -0.05) is 0 Å². The van der Waals surface area contributed by atoms with Crippen LogP contribution in [0.15, 0.2) is 0 Å². The Labute approximate surface area is 76.8 Å². The summed E-state index contributed by atoms with van der Waals surface area (Å²) < 4.78 is 17.8. The topological polar surface area (TPSA) is 50.4 Å². The molecule has 1 amide bonds. The van der Waals surface area contributed by atoms with Crippen LogP contribution in [0, 0.1) is 0 Å². The summed E-state index contributed by atoms with van der Waals surface area (Å²) in [7, 11) is 0. The Bertz CT molecular complexity index is 178. The Hall–Kier alpha value is -0.840. The van der Waals surface area contributed by atoms with E-state index in [1.807, 2.05) is 0 Å². The molecule has 13 heavy (non-hydrogen) atoms. The molecule has 0 bridgehead atoms. The maximum Gasteiger partial charge on any atom is 0.407 e. The van der Waals surface area contributed by atoms with Crippen LogP contribution in [0.3, 0.4) is 0 Å². The second kappa shape index (κ2) is 5.01. The van der Waals surface area contributed by atoms with E-state index in [9.17, 15) is 9.18 Å². The quantitative estimate of drug-likeness (QED) is 0.664. The van der Waals surface area contributed by atoms with Crippen LogP contribution < -0.4 is 10.6 Å². The number of hydrogen-bond acceptors (Lipinski definition) is 3. The number of hydrogen-bond donors (Lipinski definition) is 2. The number of nitrogens with one attached hydrogen (secondary N) is 2. The fourth-order valence-electron chi connectivity index (χ4n) is 1.29. The molecule has 1 aliphatic heterocycles. The van der Waals surface area contributed by atoms with Crippen molar-refractivity contribution in [3.63, 3.8) is 0 Å². The highest BCUT2D eigenvalue weighted by Crippen LogP contribution is 2.07. The van der Waals surface area contributed by atoms with Gasteiger partial charge in [0.25, 0.3) is 0 Å². The largest absolute Gasteiger partial charge is 0.450 e. The van der Waals surface area contributed by atoms with Gasteiger partial charge in [-0.05, 0) is 19.9 Å². The van der Waals surface area contributed by atoms with Crippen molar-refractivity contribution in [2.75, 3.05) is 19.7 Å². The van der Waals surface area contributed by atoms with Gasteiger partial charge in [0.15, 0.2) is 0 Å². The van der Waals surface area contributed by atoms with Gasteiger partial charge in [-0.25, -0.2) is 9.18 Å². The first-order chi connectivity index (χ1) is 6.24. The van der Waals surface area contributed by atoms with Gasteiger partial charge in [0.05, 0.1) is 12.6 Å². The van der Waals surface area contributed by atoms with E-state index >= 15 is 0 Å². The minimum atomic E-state index is -0.967. The smallest absolute Gasteiger partial charge is 0.407 e. The van der Waals surface area contributed by atoms with Gasteiger partial charge in [0.1, 0.15) is 6.17 Å². The zero-order valence-corrected chi connectivity index (χ0v) is 7.68. The molecule has 2 unspecified atom stereocenters. The Morgan fingerprint density at radius 3 is 3.15 bits per heavy atom. The summed E-state index contributed by atoms with van der Waals surface area (Å²) in [5.74, 6) is 0. The molecule has 0 spiro atoms. The summed E-state index contributed by atoms with van der Waals surface area (Å²) in [6, 6.07) is -0.451. The van der Waals surface area contributed by atoms with Gasteiger partial charge in [0.2, 0.25) is 0 Å². The van der Waals surface area contributed by atoms with Crippen LogP contribution in [0.4, 0.5) is 9.18 Å². The third-order valence-corrected chi connectivity index (χ3v) is 1.98. The maximum absolute atomic E-state index is 13.1. The number of alkyl carbamates (subject to hydrolysis) is 1. The molecule has 1 saturated heterocycles. The molecule has 5 heteroatoms. The molecule has 0 saturated carbocycles.